The first-order chi connectivity index (χ1) is 15.2. The average Bonchev–Trinajstić information content (AvgIpc) is 3.32. The van der Waals surface area contributed by atoms with Gasteiger partial charge in [-0.05, 0) is 42.5 Å². The Bertz CT molecular complexity index is 979. The number of carbonyl (C=O) groups is 2. The summed E-state index contributed by atoms with van der Waals surface area (Å²) < 4.78 is 1.75. The van der Waals surface area contributed by atoms with Gasteiger partial charge in [-0.2, -0.15) is 5.10 Å². The summed E-state index contributed by atoms with van der Waals surface area (Å²) in [6.07, 6.45) is 5.98. The number of nitrogens with zero attached hydrogens (tertiary/aromatic N) is 4. The van der Waals surface area contributed by atoms with Gasteiger partial charge in [0, 0.05) is 31.1 Å². The molecule has 7 nitrogen and oxygen atoms in total. The number of aromatic nitrogens is 3. The van der Waals surface area contributed by atoms with Crippen LogP contribution in [-0.2, 0) is 17.8 Å². The average molecular weight is 418 g/mol. The van der Waals surface area contributed by atoms with E-state index in [1.807, 2.05) is 59.5 Å². The second-order valence-electron chi connectivity index (χ2n) is 7.91. The van der Waals surface area contributed by atoms with E-state index in [-0.39, 0.29) is 17.9 Å². The lowest BCUT2D eigenvalue weighted by Gasteiger charge is -2.32. The summed E-state index contributed by atoms with van der Waals surface area (Å²) in [5.41, 5.74) is 2.93. The molecule has 2 amide bonds. The molecule has 1 saturated heterocycles. The second kappa shape index (κ2) is 10.0. The predicted molar refractivity (Wildman–Crippen MR) is 117 cm³/mol. The maximum Gasteiger partial charge on any atom is 0.253 e. The SMILES string of the molecule is O=C(CCc1ccccc1)NC1CCN(C(=O)c2ccc(Cn3cncn3)cc2)CC1. The van der Waals surface area contributed by atoms with Crippen LogP contribution in [0.3, 0.4) is 0 Å². The van der Waals surface area contributed by atoms with Crippen molar-refractivity contribution in [2.24, 2.45) is 0 Å². The van der Waals surface area contributed by atoms with Crippen LogP contribution in [0.2, 0.25) is 0 Å². The minimum Gasteiger partial charge on any atom is -0.353 e. The molecule has 3 aromatic rings. The first kappa shape index (κ1) is 20.8. The van der Waals surface area contributed by atoms with Gasteiger partial charge in [0.25, 0.3) is 5.91 Å². The molecule has 0 atom stereocenters. The van der Waals surface area contributed by atoms with Gasteiger partial charge in [0.2, 0.25) is 5.91 Å². The Morgan fingerprint density at radius 3 is 2.39 bits per heavy atom. The van der Waals surface area contributed by atoms with Gasteiger partial charge in [-0.25, -0.2) is 9.67 Å². The Kier molecular flexibility index (Phi) is 6.72. The van der Waals surface area contributed by atoms with Gasteiger partial charge >= 0.3 is 0 Å². The number of carbonyl (C=O) groups excluding carboxylic acids is 2. The monoisotopic (exact) mass is 417 g/mol. The fraction of sp³-hybridized carbons (Fsp3) is 0.333. The Labute approximate surface area is 182 Å². The highest BCUT2D eigenvalue weighted by molar-refractivity contribution is 5.94. The van der Waals surface area contributed by atoms with Crippen LogP contribution in [0.1, 0.15) is 40.7 Å². The summed E-state index contributed by atoms with van der Waals surface area (Å²) >= 11 is 0. The molecule has 0 bridgehead atoms. The molecule has 2 aromatic carbocycles. The van der Waals surface area contributed by atoms with Crippen LogP contribution in [0.5, 0.6) is 0 Å². The Morgan fingerprint density at radius 2 is 1.71 bits per heavy atom. The molecule has 0 spiro atoms. The number of hydrogen-bond donors (Lipinski definition) is 1. The van der Waals surface area contributed by atoms with Crippen LogP contribution in [0, 0.1) is 0 Å². The second-order valence-corrected chi connectivity index (χ2v) is 7.91. The summed E-state index contributed by atoms with van der Waals surface area (Å²) in [4.78, 5) is 30.9. The molecule has 1 aliphatic heterocycles. The van der Waals surface area contributed by atoms with Gasteiger partial charge in [0.15, 0.2) is 0 Å². The highest BCUT2D eigenvalue weighted by Crippen LogP contribution is 2.15. The van der Waals surface area contributed by atoms with E-state index in [1.54, 1.807) is 11.0 Å². The summed E-state index contributed by atoms with van der Waals surface area (Å²) in [5, 5.41) is 7.22. The molecule has 2 heterocycles. The third kappa shape index (κ3) is 5.78. The zero-order valence-corrected chi connectivity index (χ0v) is 17.5. The number of aryl methyl sites for hydroxylation is 1. The summed E-state index contributed by atoms with van der Waals surface area (Å²) in [5.74, 6) is 0.123. The standard InChI is InChI=1S/C24H27N5O2/c30-23(11-8-19-4-2-1-3-5-19)27-22-12-14-28(15-13-22)24(31)21-9-6-20(7-10-21)16-29-18-25-17-26-29/h1-7,9-10,17-18,22H,8,11-16H2,(H,27,30). The third-order valence-electron chi connectivity index (χ3n) is 5.64. The van der Waals surface area contributed by atoms with Crippen molar-refractivity contribution in [2.75, 3.05) is 13.1 Å². The van der Waals surface area contributed by atoms with Gasteiger partial charge < -0.3 is 10.2 Å². The zero-order valence-electron chi connectivity index (χ0n) is 17.5. The topological polar surface area (TPSA) is 80.1 Å². The first-order valence-electron chi connectivity index (χ1n) is 10.7. The van der Waals surface area contributed by atoms with Gasteiger partial charge in [-0.15, -0.1) is 0 Å². The molecule has 7 heteroatoms. The predicted octanol–water partition coefficient (Wildman–Crippen LogP) is 2.68. The first-order valence-corrected chi connectivity index (χ1v) is 10.7. The van der Waals surface area contributed by atoms with Crippen LogP contribution in [0.4, 0.5) is 0 Å². The Morgan fingerprint density at radius 1 is 0.968 bits per heavy atom. The summed E-state index contributed by atoms with van der Waals surface area (Å²) in [6, 6.07) is 17.8. The lowest BCUT2D eigenvalue weighted by atomic mass is 10.0. The fourth-order valence-corrected chi connectivity index (χ4v) is 3.87. The van der Waals surface area contributed by atoms with E-state index in [0.717, 1.165) is 24.8 Å². The molecular weight excluding hydrogens is 390 g/mol. The molecule has 160 valence electrons. The number of likely N-dealkylation sites (tertiary alicyclic amines) is 1. The minimum atomic E-state index is 0.0427. The molecule has 4 rings (SSSR count). The minimum absolute atomic E-state index is 0.0427. The van der Waals surface area contributed by atoms with Crippen LogP contribution in [0.15, 0.2) is 67.3 Å². The van der Waals surface area contributed by atoms with Gasteiger partial charge in [-0.1, -0.05) is 42.5 Å². The molecule has 0 aliphatic carbocycles. The van der Waals surface area contributed by atoms with Crippen LogP contribution in [0.25, 0.3) is 0 Å². The van der Waals surface area contributed by atoms with E-state index in [1.165, 1.54) is 11.9 Å². The van der Waals surface area contributed by atoms with Crippen molar-refractivity contribution in [3.63, 3.8) is 0 Å². The fourth-order valence-electron chi connectivity index (χ4n) is 3.87. The number of nitrogens with one attached hydrogen (secondary N) is 1. The molecule has 0 unspecified atom stereocenters. The summed E-state index contributed by atoms with van der Waals surface area (Å²) in [6.45, 7) is 1.94. The molecule has 0 radical (unpaired) electrons. The third-order valence-corrected chi connectivity index (χ3v) is 5.64. The van der Waals surface area contributed by atoms with Crippen LogP contribution >= 0.6 is 0 Å². The van der Waals surface area contributed by atoms with Crippen molar-refractivity contribution < 1.29 is 9.59 Å². The van der Waals surface area contributed by atoms with Crippen molar-refractivity contribution in [2.45, 2.75) is 38.3 Å². The number of hydrogen-bond acceptors (Lipinski definition) is 4. The Hall–Kier alpha value is -3.48. The van der Waals surface area contributed by atoms with Crippen molar-refractivity contribution >= 4 is 11.8 Å². The highest BCUT2D eigenvalue weighted by Gasteiger charge is 2.24. The van der Waals surface area contributed by atoms with Gasteiger partial charge in [0.1, 0.15) is 12.7 Å². The molecule has 1 aromatic heterocycles. The maximum atomic E-state index is 12.8. The number of amides is 2. The van der Waals surface area contributed by atoms with Crippen LogP contribution in [-0.4, -0.2) is 50.6 Å². The number of rotatable bonds is 7. The van der Waals surface area contributed by atoms with Gasteiger partial charge in [-0.3, -0.25) is 9.59 Å². The van der Waals surface area contributed by atoms with E-state index in [2.05, 4.69) is 15.4 Å². The van der Waals surface area contributed by atoms with Crippen molar-refractivity contribution in [3.05, 3.63) is 83.9 Å². The normalized spacial score (nSPS) is 14.4. The smallest absolute Gasteiger partial charge is 0.253 e. The molecule has 1 N–H and O–H groups in total. The molecule has 31 heavy (non-hydrogen) atoms. The Balaban J connectivity index is 1.21. The zero-order chi connectivity index (χ0) is 21.5. The van der Waals surface area contributed by atoms with E-state index < -0.39 is 0 Å². The highest BCUT2D eigenvalue weighted by atomic mass is 16.2. The largest absolute Gasteiger partial charge is 0.353 e. The molecule has 0 saturated carbocycles. The molecule has 1 fully saturated rings. The maximum absolute atomic E-state index is 12.8. The molecule has 1 aliphatic rings. The van der Waals surface area contributed by atoms with E-state index >= 15 is 0 Å². The van der Waals surface area contributed by atoms with Crippen LogP contribution < -0.4 is 5.32 Å². The van der Waals surface area contributed by atoms with Crippen molar-refractivity contribution in [1.82, 2.24) is 25.0 Å². The lowest BCUT2D eigenvalue weighted by Crippen LogP contribution is -2.46. The van der Waals surface area contributed by atoms with Crippen molar-refractivity contribution in [3.8, 4) is 0 Å². The van der Waals surface area contributed by atoms with E-state index in [4.69, 9.17) is 0 Å². The lowest BCUT2D eigenvalue weighted by molar-refractivity contribution is -0.122. The summed E-state index contributed by atoms with van der Waals surface area (Å²) in [7, 11) is 0. The van der Waals surface area contributed by atoms with Crippen molar-refractivity contribution in [1.29, 1.82) is 0 Å². The number of piperidine rings is 1. The molecular formula is C24H27N5O2. The van der Waals surface area contributed by atoms with E-state index in [9.17, 15) is 9.59 Å². The van der Waals surface area contributed by atoms with E-state index in [0.29, 0.717) is 31.6 Å². The quantitative estimate of drug-likeness (QED) is 0.641. The van der Waals surface area contributed by atoms with Gasteiger partial charge in [0.05, 0.1) is 6.54 Å². The number of benzene rings is 2.